The zero-order valence-corrected chi connectivity index (χ0v) is 12.1. The highest BCUT2D eigenvalue weighted by Crippen LogP contribution is 2.26. The Morgan fingerprint density at radius 1 is 1.10 bits per heavy atom. The SMILES string of the molecule is O=C(CNc1c(F)cc(F)cc1Cl)Nc1ccc(Cl)cc1. The summed E-state index contributed by atoms with van der Waals surface area (Å²) in [5.74, 6) is -2.05. The molecule has 0 radical (unpaired) electrons. The second-order valence-corrected chi connectivity index (χ2v) is 5.00. The number of halogens is 4. The van der Waals surface area contributed by atoms with Crippen molar-refractivity contribution in [2.24, 2.45) is 0 Å². The molecule has 0 aliphatic carbocycles. The number of carbonyl (C=O) groups is 1. The highest BCUT2D eigenvalue weighted by atomic mass is 35.5. The molecule has 110 valence electrons. The first-order valence-electron chi connectivity index (χ1n) is 5.89. The van der Waals surface area contributed by atoms with Crippen LogP contribution in [-0.4, -0.2) is 12.5 Å². The molecule has 0 heterocycles. The first kappa shape index (κ1) is 15.5. The fourth-order valence-electron chi connectivity index (χ4n) is 1.62. The minimum absolute atomic E-state index is 0.121. The van der Waals surface area contributed by atoms with E-state index in [9.17, 15) is 13.6 Å². The van der Waals surface area contributed by atoms with Crippen LogP contribution in [0.25, 0.3) is 0 Å². The molecule has 0 saturated heterocycles. The fraction of sp³-hybridized carbons (Fsp3) is 0.0714. The van der Waals surface area contributed by atoms with E-state index in [0.29, 0.717) is 16.8 Å². The van der Waals surface area contributed by atoms with Crippen molar-refractivity contribution in [3.63, 3.8) is 0 Å². The van der Waals surface area contributed by atoms with E-state index in [0.717, 1.165) is 6.07 Å². The van der Waals surface area contributed by atoms with Gasteiger partial charge in [-0.15, -0.1) is 0 Å². The summed E-state index contributed by atoms with van der Waals surface area (Å²) >= 11 is 11.4. The van der Waals surface area contributed by atoms with Crippen LogP contribution in [0.1, 0.15) is 0 Å². The largest absolute Gasteiger partial charge is 0.373 e. The van der Waals surface area contributed by atoms with Crippen molar-refractivity contribution in [1.29, 1.82) is 0 Å². The highest BCUT2D eigenvalue weighted by Gasteiger charge is 2.11. The molecule has 21 heavy (non-hydrogen) atoms. The van der Waals surface area contributed by atoms with E-state index in [1.807, 2.05) is 0 Å². The maximum Gasteiger partial charge on any atom is 0.243 e. The first-order chi connectivity index (χ1) is 9.95. The van der Waals surface area contributed by atoms with E-state index in [2.05, 4.69) is 10.6 Å². The van der Waals surface area contributed by atoms with Crippen molar-refractivity contribution in [2.75, 3.05) is 17.2 Å². The number of nitrogens with one attached hydrogen (secondary N) is 2. The molecule has 7 heteroatoms. The molecule has 0 atom stereocenters. The van der Waals surface area contributed by atoms with E-state index >= 15 is 0 Å². The molecule has 2 N–H and O–H groups in total. The summed E-state index contributed by atoms with van der Waals surface area (Å²) in [7, 11) is 0. The Bertz CT molecular complexity index is 640. The van der Waals surface area contributed by atoms with Crippen LogP contribution in [-0.2, 0) is 4.79 Å². The lowest BCUT2D eigenvalue weighted by Gasteiger charge is -2.10. The Balaban J connectivity index is 1.97. The van der Waals surface area contributed by atoms with Crippen LogP contribution in [0, 0.1) is 11.6 Å². The quantitative estimate of drug-likeness (QED) is 0.876. The summed E-state index contributed by atoms with van der Waals surface area (Å²) in [6.07, 6.45) is 0. The molecule has 0 aromatic heterocycles. The van der Waals surface area contributed by atoms with E-state index in [1.54, 1.807) is 24.3 Å². The van der Waals surface area contributed by atoms with Crippen molar-refractivity contribution < 1.29 is 13.6 Å². The predicted octanol–water partition coefficient (Wildman–Crippen LogP) is 4.32. The summed E-state index contributed by atoms with van der Waals surface area (Å²) in [6, 6.07) is 8.16. The topological polar surface area (TPSA) is 41.1 Å². The van der Waals surface area contributed by atoms with Crippen LogP contribution >= 0.6 is 23.2 Å². The van der Waals surface area contributed by atoms with Crippen LogP contribution in [0.2, 0.25) is 10.0 Å². The number of hydrogen-bond donors (Lipinski definition) is 2. The normalized spacial score (nSPS) is 10.3. The van der Waals surface area contributed by atoms with Gasteiger partial charge in [0.05, 0.1) is 17.3 Å². The third-order valence-electron chi connectivity index (χ3n) is 2.56. The molecular weight excluding hydrogens is 321 g/mol. The van der Waals surface area contributed by atoms with E-state index in [1.165, 1.54) is 0 Å². The van der Waals surface area contributed by atoms with Crippen LogP contribution in [0.4, 0.5) is 20.2 Å². The molecule has 0 spiro atoms. The minimum Gasteiger partial charge on any atom is -0.373 e. The Morgan fingerprint density at radius 2 is 1.76 bits per heavy atom. The van der Waals surface area contributed by atoms with Gasteiger partial charge in [0.25, 0.3) is 0 Å². The van der Waals surface area contributed by atoms with Gasteiger partial charge in [0.15, 0.2) is 5.82 Å². The highest BCUT2D eigenvalue weighted by molar-refractivity contribution is 6.33. The van der Waals surface area contributed by atoms with Crippen LogP contribution in [0.5, 0.6) is 0 Å². The molecule has 0 aliphatic rings. The number of benzene rings is 2. The molecule has 2 aromatic carbocycles. The molecule has 0 unspecified atom stereocenters. The summed E-state index contributed by atoms with van der Waals surface area (Å²) < 4.78 is 26.4. The number of amides is 1. The zero-order chi connectivity index (χ0) is 15.4. The fourth-order valence-corrected chi connectivity index (χ4v) is 2.01. The van der Waals surface area contributed by atoms with Crippen LogP contribution < -0.4 is 10.6 Å². The van der Waals surface area contributed by atoms with E-state index in [4.69, 9.17) is 23.2 Å². The lowest BCUT2D eigenvalue weighted by atomic mass is 10.3. The molecule has 3 nitrogen and oxygen atoms in total. The van der Waals surface area contributed by atoms with Crippen molar-refractivity contribution in [3.8, 4) is 0 Å². The molecule has 0 fully saturated rings. The standard InChI is InChI=1S/C14H10Cl2F2N2O/c15-8-1-3-10(4-2-8)20-13(21)7-19-14-11(16)5-9(17)6-12(14)18/h1-6,19H,7H2,(H,20,21). The smallest absolute Gasteiger partial charge is 0.243 e. The Morgan fingerprint density at radius 3 is 2.38 bits per heavy atom. The minimum atomic E-state index is -0.862. The number of hydrogen-bond acceptors (Lipinski definition) is 2. The summed E-state index contributed by atoms with van der Waals surface area (Å²) in [5.41, 5.74) is 0.432. The maximum atomic E-state index is 13.5. The molecular formula is C14H10Cl2F2N2O. The van der Waals surface area contributed by atoms with Gasteiger partial charge in [0.2, 0.25) is 5.91 Å². The maximum absolute atomic E-state index is 13.5. The lowest BCUT2D eigenvalue weighted by molar-refractivity contribution is -0.114. The Hall–Kier alpha value is -1.85. The first-order valence-corrected chi connectivity index (χ1v) is 6.65. The lowest BCUT2D eigenvalue weighted by Crippen LogP contribution is -2.22. The van der Waals surface area contributed by atoms with Gasteiger partial charge in [-0.2, -0.15) is 0 Å². The third-order valence-corrected chi connectivity index (χ3v) is 3.11. The van der Waals surface area contributed by atoms with Gasteiger partial charge in [-0.3, -0.25) is 4.79 Å². The van der Waals surface area contributed by atoms with Gasteiger partial charge in [0, 0.05) is 16.8 Å². The second-order valence-electron chi connectivity index (χ2n) is 4.15. The average molecular weight is 331 g/mol. The van der Waals surface area contributed by atoms with Gasteiger partial charge >= 0.3 is 0 Å². The molecule has 2 rings (SSSR count). The van der Waals surface area contributed by atoms with Gasteiger partial charge in [-0.25, -0.2) is 8.78 Å². The number of rotatable bonds is 4. The third kappa shape index (κ3) is 4.31. The summed E-state index contributed by atoms with van der Waals surface area (Å²) in [4.78, 5) is 11.7. The van der Waals surface area contributed by atoms with Crippen molar-refractivity contribution >= 4 is 40.5 Å². The van der Waals surface area contributed by atoms with Crippen molar-refractivity contribution in [2.45, 2.75) is 0 Å². The second kappa shape index (κ2) is 6.74. The number of anilines is 2. The van der Waals surface area contributed by atoms with Gasteiger partial charge in [-0.1, -0.05) is 23.2 Å². The zero-order valence-electron chi connectivity index (χ0n) is 10.6. The summed E-state index contributed by atoms with van der Waals surface area (Å²) in [6.45, 7) is -0.217. The average Bonchev–Trinajstić information content (AvgIpc) is 2.40. The van der Waals surface area contributed by atoms with Gasteiger partial charge < -0.3 is 10.6 Å². The van der Waals surface area contributed by atoms with Gasteiger partial charge in [-0.05, 0) is 30.3 Å². The molecule has 0 aliphatic heterocycles. The van der Waals surface area contributed by atoms with Gasteiger partial charge in [0.1, 0.15) is 5.82 Å². The van der Waals surface area contributed by atoms with E-state index < -0.39 is 17.5 Å². The molecule has 0 saturated carbocycles. The number of carbonyl (C=O) groups excluding carboxylic acids is 1. The Labute approximate surface area is 129 Å². The Kier molecular flexibility index (Phi) is 4.98. The van der Waals surface area contributed by atoms with Crippen molar-refractivity contribution in [1.82, 2.24) is 0 Å². The van der Waals surface area contributed by atoms with E-state index in [-0.39, 0.29) is 17.3 Å². The predicted molar refractivity (Wildman–Crippen MR) is 79.9 cm³/mol. The molecule has 0 bridgehead atoms. The van der Waals surface area contributed by atoms with Crippen LogP contribution in [0.3, 0.4) is 0 Å². The summed E-state index contributed by atoms with van der Waals surface area (Å²) in [5, 5.41) is 5.53. The molecule has 1 amide bonds. The molecule has 2 aromatic rings. The monoisotopic (exact) mass is 330 g/mol. The van der Waals surface area contributed by atoms with Crippen LogP contribution in [0.15, 0.2) is 36.4 Å². The van der Waals surface area contributed by atoms with Crippen molar-refractivity contribution in [3.05, 3.63) is 58.1 Å².